The van der Waals surface area contributed by atoms with Crippen molar-refractivity contribution in [2.75, 3.05) is 0 Å². The van der Waals surface area contributed by atoms with Gasteiger partial charge in [0.15, 0.2) is 11.5 Å². The Morgan fingerprint density at radius 3 is 2.82 bits per heavy atom. The molecule has 0 radical (unpaired) electrons. The molecular weight excluding hydrogens is 304 g/mol. The summed E-state index contributed by atoms with van der Waals surface area (Å²) in [5.74, 6) is 1.03. The summed E-state index contributed by atoms with van der Waals surface area (Å²) in [5, 5.41) is 9.05. The molecule has 0 saturated carbocycles. The first-order valence-electron chi connectivity index (χ1n) is 6.93. The van der Waals surface area contributed by atoms with E-state index in [9.17, 15) is 0 Å². The van der Waals surface area contributed by atoms with Gasteiger partial charge < -0.3 is 9.26 Å². The van der Waals surface area contributed by atoms with Gasteiger partial charge in [-0.3, -0.25) is 4.68 Å². The fraction of sp³-hybridized carbons (Fsp3) is 0.267. The highest BCUT2D eigenvalue weighted by Crippen LogP contribution is 2.29. The summed E-state index contributed by atoms with van der Waals surface area (Å²) in [4.78, 5) is 4.20. The minimum atomic E-state index is -0.0399. The Labute approximate surface area is 131 Å². The van der Waals surface area contributed by atoms with Gasteiger partial charge in [0.1, 0.15) is 6.10 Å². The first-order chi connectivity index (χ1) is 10.7. The van der Waals surface area contributed by atoms with E-state index in [4.69, 9.17) is 20.9 Å². The van der Waals surface area contributed by atoms with Crippen molar-refractivity contribution in [2.24, 2.45) is 0 Å². The zero-order chi connectivity index (χ0) is 15.1. The normalized spacial score (nSPS) is 17.5. The lowest BCUT2D eigenvalue weighted by Crippen LogP contribution is -2.21. The molecule has 1 aromatic carbocycles. The molecule has 0 fully saturated rings. The van der Waals surface area contributed by atoms with Crippen molar-refractivity contribution >= 4 is 11.6 Å². The molecule has 0 aliphatic carbocycles. The second-order valence-electron chi connectivity index (χ2n) is 5.20. The molecule has 3 heterocycles. The highest BCUT2D eigenvalue weighted by molar-refractivity contribution is 6.30. The lowest BCUT2D eigenvalue weighted by atomic mass is 10.1. The van der Waals surface area contributed by atoms with Crippen LogP contribution in [0, 0.1) is 6.92 Å². The Balaban J connectivity index is 1.61. The summed E-state index contributed by atoms with van der Waals surface area (Å²) >= 11 is 5.92. The monoisotopic (exact) mass is 316 g/mol. The van der Waals surface area contributed by atoms with E-state index in [-0.39, 0.29) is 6.10 Å². The van der Waals surface area contributed by atoms with Gasteiger partial charge in [-0.15, -0.1) is 0 Å². The maximum atomic E-state index is 5.92. The van der Waals surface area contributed by atoms with Crippen molar-refractivity contribution in [3.05, 3.63) is 52.4 Å². The van der Waals surface area contributed by atoms with Crippen molar-refractivity contribution in [3.63, 3.8) is 0 Å². The van der Waals surface area contributed by atoms with E-state index in [0.717, 1.165) is 11.3 Å². The van der Waals surface area contributed by atoms with Crippen molar-refractivity contribution < 1.29 is 9.26 Å². The van der Waals surface area contributed by atoms with Crippen molar-refractivity contribution in [1.82, 2.24) is 19.9 Å². The number of hydrogen-bond donors (Lipinski definition) is 0. The molecule has 1 aliphatic rings. The molecule has 22 heavy (non-hydrogen) atoms. The fourth-order valence-corrected chi connectivity index (χ4v) is 2.64. The number of halogens is 1. The number of ether oxygens (including phenoxy) is 1. The van der Waals surface area contributed by atoms with Crippen LogP contribution in [0.25, 0.3) is 11.6 Å². The Morgan fingerprint density at radius 1 is 1.27 bits per heavy atom. The largest absolute Gasteiger partial charge is 0.365 e. The predicted octanol–water partition coefficient (Wildman–Crippen LogP) is 3.17. The number of nitrogens with zero attached hydrogens (tertiary/aromatic N) is 4. The summed E-state index contributed by atoms with van der Waals surface area (Å²) in [5.41, 5.74) is 2.76. The average molecular weight is 317 g/mol. The maximum Gasteiger partial charge on any atom is 0.278 e. The zero-order valence-electron chi connectivity index (χ0n) is 11.9. The lowest BCUT2D eigenvalue weighted by Gasteiger charge is -2.24. The van der Waals surface area contributed by atoms with Crippen LogP contribution < -0.4 is 0 Å². The number of aryl methyl sites for hydroxylation is 1. The van der Waals surface area contributed by atoms with Gasteiger partial charge >= 0.3 is 0 Å². The molecule has 4 rings (SSSR count). The molecule has 0 saturated heterocycles. The summed E-state index contributed by atoms with van der Waals surface area (Å²) in [7, 11) is 0. The molecule has 6 nitrogen and oxygen atoms in total. The molecule has 1 atom stereocenters. The number of benzene rings is 1. The summed E-state index contributed by atoms with van der Waals surface area (Å²) in [6.45, 7) is 2.92. The zero-order valence-corrected chi connectivity index (χ0v) is 12.6. The molecular formula is C15H13ClN4O2. The van der Waals surface area contributed by atoms with E-state index >= 15 is 0 Å². The Hall–Kier alpha value is -2.18. The minimum absolute atomic E-state index is 0.0399. The molecule has 0 amide bonds. The van der Waals surface area contributed by atoms with Crippen LogP contribution in [0.5, 0.6) is 0 Å². The quantitative estimate of drug-likeness (QED) is 0.726. The highest BCUT2D eigenvalue weighted by Gasteiger charge is 2.24. The van der Waals surface area contributed by atoms with E-state index < -0.39 is 0 Å². The van der Waals surface area contributed by atoms with E-state index in [0.29, 0.717) is 35.6 Å². The molecule has 3 aromatic rings. The van der Waals surface area contributed by atoms with E-state index in [1.165, 1.54) is 0 Å². The van der Waals surface area contributed by atoms with Crippen LogP contribution in [0.4, 0.5) is 0 Å². The fourth-order valence-electron chi connectivity index (χ4n) is 2.51. The topological polar surface area (TPSA) is 66.0 Å². The third-order valence-electron chi connectivity index (χ3n) is 3.62. The molecule has 7 heteroatoms. The lowest BCUT2D eigenvalue weighted by molar-refractivity contribution is -0.00112. The third kappa shape index (κ3) is 2.40. The van der Waals surface area contributed by atoms with Crippen LogP contribution in [-0.2, 0) is 17.9 Å². The van der Waals surface area contributed by atoms with Gasteiger partial charge in [-0.25, -0.2) is 0 Å². The average Bonchev–Trinajstić information content (AvgIpc) is 3.13. The Morgan fingerprint density at radius 2 is 2.09 bits per heavy atom. The van der Waals surface area contributed by atoms with Crippen LogP contribution >= 0.6 is 11.6 Å². The highest BCUT2D eigenvalue weighted by atomic mass is 35.5. The van der Waals surface area contributed by atoms with Gasteiger partial charge in [0.2, 0.25) is 0 Å². The van der Waals surface area contributed by atoms with Crippen molar-refractivity contribution in [3.8, 4) is 11.6 Å². The number of aromatic nitrogens is 4. The first kappa shape index (κ1) is 13.5. The van der Waals surface area contributed by atoms with Crippen LogP contribution in [0.2, 0.25) is 5.02 Å². The van der Waals surface area contributed by atoms with Crippen LogP contribution in [-0.4, -0.2) is 19.9 Å². The van der Waals surface area contributed by atoms with E-state index in [1.54, 1.807) is 6.92 Å². The molecule has 1 aliphatic heterocycles. The third-order valence-corrected chi connectivity index (χ3v) is 3.87. The number of rotatable bonds is 2. The SMILES string of the molecule is Cc1noc(-c2cc3n(n2)CC(c2ccc(Cl)cc2)OC3)n1. The Bertz CT molecular complexity index is 809. The van der Waals surface area contributed by atoms with Gasteiger partial charge in [0.05, 0.1) is 18.8 Å². The first-order valence-corrected chi connectivity index (χ1v) is 7.31. The van der Waals surface area contributed by atoms with Gasteiger partial charge in [-0.05, 0) is 30.7 Å². The summed E-state index contributed by atoms with van der Waals surface area (Å²) in [6, 6.07) is 9.61. The summed E-state index contributed by atoms with van der Waals surface area (Å²) < 4.78 is 13.0. The molecule has 0 bridgehead atoms. The standard InChI is InChI=1S/C15H13ClN4O2/c1-9-17-15(22-19-9)13-6-12-8-21-14(7-20(12)18-13)10-2-4-11(16)5-3-10/h2-6,14H,7-8H2,1H3. The van der Waals surface area contributed by atoms with Gasteiger partial charge in [-0.1, -0.05) is 28.9 Å². The van der Waals surface area contributed by atoms with Crippen molar-refractivity contribution in [1.29, 1.82) is 0 Å². The predicted molar refractivity (Wildman–Crippen MR) is 79.2 cm³/mol. The van der Waals surface area contributed by atoms with Crippen LogP contribution in [0.3, 0.4) is 0 Å². The molecule has 1 unspecified atom stereocenters. The second-order valence-corrected chi connectivity index (χ2v) is 5.64. The Kier molecular flexibility index (Phi) is 3.20. The molecule has 0 N–H and O–H groups in total. The number of fused-ring (bicyclic) bond motifs is 1. The molecule has 2 aromatic heterocycles. The van der Waals surface area contributed by atoms with Crippen LogP contribution in [0.15, 0.2) is 34.9 Å². The maximum absolute atomic E-state index is 5.92. The van der Waals surface area contributed by atoms with Gasteiger partial charge in [0, 0.05) is 5.02 Å². The van der Waals surface area contributed by atoms with Gasteiger partial charge in [-0.2, -0.15) is 10.1 Å². The minimum Gasteiger partial charge on any atom is -0.365 e. The van der Waals surface area contributed by atoms with Crippen molar-refractivity contribution in [2.45, 2.75) is 26.2 Å². The number of hydrogen-bond acceptors (Lipinski definition) is 5. The van der Waals surface area contributed by atoms with Crippen LogP contribution in [0.1, 0.15) is 23.2 Å². The van der Waals surface area contributed by atoms with Gasteiger partial charge in [0.25, 0.3) is 5.89 Å². The van der Waals surface area contributed by atoms with E-state index in [2.05, 4.69) is 15.2 Å². The molecule has 112 valence electrons. The molecule has 0 spiro atoms. The van der Waals surface area contributed by atoms with E-state index in [1.807, 2.05) is 35.0 Å². The summed E-state index contributed by atoms with van der Waals surface area (Å²) in [6.07, 6.45) is -0.0399. The smallest absolute Gasteiger partial charge is 0.278 e. The second kappa shape index (κ2) is 5.23.